The maximum atomic E-state index is 5.68. The molecule has 0 bridgehead atoms. The first-order chi connectivity index (χ1) is 9.34. The summed E-state index contributed by atoms with van der Waals surface area (Å²) in [7, 11) is 0. The van der Waals surface area contributed by atoms with E-state index in [1.54, 1.807) is 0 Å². The van der Waals surface area contributed by atoms with Gasteiger partial charge in [-0.25, -0.2) is 9.97 Å². The predicted molar refractivity (Wildman–Crippen MR) is 75.3 cm³/mol. The maximum Gasteiger partial charge on any atom is 0.316 e. The molecule has 1 N–H and O–H groups in total. The van der Waals surface area contributed by atoms with Crippen molar-refractivity contribution in [2.24, 2.45) is 0 Å². The van der Waals surface area contributed by atoms with E-state index in [-0.39, 0.29) is 0 Å². The lowest BCUT2D eigenvalue weighted by Crippen LogP contribution is -2.17. The highest BCUT2D eigenvalue weighted by molar-refractivity contribution is 6.30. The van der Waals surface area contributed by atoms with Crippen molar-refractivity contribution in [3.63, 3.8) is 0 Å². The molecule has 100 valence electrons. The highest BCUT2D eigenvalue weighted by atomic mass is 35.5. The Morgan fingerprint density at radius 1 is 1.11 bits per heavy atom. The van der Waals surface area contributed by atoms with Crippen LogP contribution in [-0.4, -0.2) is 23.1 Å². The van der Waals surface area contributed by atoms with E-state index in [9.17, 15) is 0 Å². The van der Waals surface area contributed by atoms with E-state index in [0.717, 1.165) is 19.5 Å². The van der Waals surface area contributed by atoms with Crippen molar-refractivity contribution < 1.29 is 4.74 Å². The zero-order valence-corrected chi connectivity index (χ0v) is 11.3. The van der Waals surface area contributed by atoms with E-state index in [1.807, 2.05) is 18.2 Å². The highest BCUT2D eigenvalue weighted by Gasteiger charge is 1.97. The third kappa shape index (κ3) is 5.24. The van der Waals surface area contributed by atoms with Crippen LogP contribution in [0.2, 0.25) is 5.02 Å². The number of hydrogen-bond acceptors (Lipinski definition) is 4. The molecule has 0 saturated heterocycles. The van der Waals surface area contributed by atoms with E-state index in [1.165, 1.54) is 18.0 Å². The third-order valence-corrected chi connectivity index (χ3v) is 2.69. The van der Waals surface area contributed by atoms with Gasteiger partial charge in [0, 0.05) is 6.54 Å². The minimum atomic E-state index is 0.368. The normalized spacial score (nSPS) is 10.4. The summed E-state index contributed by atoms with van der Waals surface area (Å²) in [5.74, 6) is 0. The van der Waals surface area contributed by atoms with Crippen LogP contribution in [0.1, 0.15) is 12.0 Å². The Hall–Kier alpha value is -1.65. The first kappa shape index (κ1) is 13.8. The summed E-state index contributed by atoms with van der Waals surface area (Å²) in [5, 5.41) is 3.87. The number of nitrogens with zero attached hydrogens (tertiary/aromatic N) is 2. The van der Waals surface area contributed by atoms with Gasteiger partial charge in [-0.3, -0.25) is 0 Å². The predicted octanol–water partition coefficient (Wildman–Crippen LogP) is 2.69. The van der Waals surface area contributed by atoms with E-state index in [2.05, 4.69) is 27.4 Å². The van der Waals surface area contributed by atoms with Crippen molar-refractivity contribution >= 4 is 11.6 Å². The molecule has 0 aliphatic carbocycles. The average molecular weight is 278 g/mol. The SMILES string of the molecule is Clc1cnc(OCCCNCc2ccccc2)nc1. The maximum absolute atomic E-state index is 5.68. The zero-order chi connectivity index (χ0) is 13.3. The number of aromatic nitrogens is 2. The van der Waals surface area contributed by atoms with Gasteiger partial charge in [-0.05, 0) is 18.5 Å². The van der Waals surface area contributed by atoms with Crippen LogP contribution in [0.3, 0.4) is 0 Å². The molecule has 0 unspecified atom stereocenters. The molecule has 0 fully saturated rings. The number of nitrogens with one attached hydrogen (secondary N) is 1. The summed E-state index contributed by atoms with van der Waals surface area (Å²) in [6.45, 7) is 2.35. The molecule has 5 heteroatoms. The van der Waals surface area contributed by atoms with Gasteiger partial charge in [0.15, 0.2) is 0 Å². The smallest absolute Gasteiger partial charge is 0.316 e. The molecule has 0 spiro atoms. The molecule has 0 amide bonds. The average Bonchev–Trinajstić information content (AvgIpc) is 2.46. The molecule has 19 heavy (non-hydrogen) atoms. The Bertz CT molecular complexity index is 476. The summed E-state index contributed by atoms with van der Waals surface area (Å²) in [4.78, 5) is 7.92. The Labute approximate surface area is 117 Å². The van der Waals surface area contributed by atoms with E-state index >= 15 is 0 Å². The summed E-state index contributed by atoms with van der Waals surface area (Å²) < 4.78 is 5.39. The van der Waals surface area contributed by atoms with Gasteiger partial charge < -0.3 is 10.1 Å². The first-order valence-corrected chi connectivity index (χ1v) is 6.57. The third-order valence-electron chi connectivity index (χ3n) is 2.50. The molecule has 2 rings (SSSR count). The van der Waals surface area contributed by atoms with Gasteiger partial charge in [-0.2, -0.15) is 0 Å². The van der Waals surface area contributed by atoms with Crippen molar-refractivity contribution in [1.29, 1.82) is 0 Å². The Morgan fingerprint density at radius 2 is 1.84 bits per heavy atom. The Morgan fingerprint density at radius 3 is 2.58 bits per heavy atom. The molecular weight excluding hydrogens is 262 g/mol. The molecule has 1 aromatic carbocycles. The fourth-order valence-corrected chi connectivity index (χ4v) is 1.66. The monoisotopic (exact) mass is 277 g/mol. The molecule has 4 nitrogen and oxygen atoms in total. The molecule has 2 aromatic rings. The van der Waals surface area contributed by atoms with Crippen LogP contribution in [0, 0.1) is 0 Å². The fourth-order valence-electron chi connectivity index (χ4n) is 1.56. The van der Waals surface area contributed by atoms with Gasteiger partial charge in [0.05, 0.1) is 24.0 Å². The summed E-state index contributed by atoms with van der Waals surface area (Å²) in [5.41, 5.74) is 1.28. The van der Waals surface area contributed by atoms with Gasteiger partial charge in [0.1, 0.15) is 0 Å². The van der Waals surface area contributed by atoms with Crippen molar-refractivity contribution in [3.05, 3.63) is 53.3 Å². The zero-order valence-electron chi connectivity index (χ0n) is 10.6. The summed E-state index contributed by atoms with van der Waals surface area (Å²) in [6, 6.07) is 10.7. The van der Waals surface area contributed by atoms with Gasteiger partial charge >= 0.3 is 6.01 Å². The van der Waals surface area contributed by atoms with E-state index in [0.29, 0.717) is 17.6 Å². The van der Waals surface area contributed by atoms with Crippen LogP contribution in [-0.2, 0) is 6.54 Å². The summed E-state index contributed by atoms with van der Waals surface area (Å²) >= 11 is 5.68. The molecule has 0 aliphatic rings. The molecule has 0 atom stereocenters. The minimum Gasteiger partial charge on any atom is -0.463 e. The van der Waals surface area contributed by atoms with Crippen LogP contribution in [0.15, 0.2) is 42.7 Å². The lowest BCUT2D eigenvalue weighted by atomic mass is 10.2. The molecular formula is C14H16ClN3O. The molecule has 0 saturated carbocycles. The molecule has 1 heterocycles. The molecule has 0 radical (unpaired) electrons. The number of hydrogen-bond donors (Lipinski definition) is 1. The molecule has 1 aromatic heterocycles. The van der Waals surface area contributed by atoms with Crippen LogP contribution in [0.25, 0.3) is 0 Å². The number of rotatable bonds is 7. The van der Waals surface area contributed by atoms with Crippen LogP contribution in [0.4, 0.5) is 0 Å². The fraction of sp³-hybridized carbons (Fsp3) is 0.286. The van der Waals surface area contributed by atoms with Crippen LogP contribution >= 0.6 is 11.6 Å². The minimum absolute atomic E-state index is 0.368. The second-order valence-electron chi connectivity index (χ2n) is 4.05. The van der Waals surface area contributed by atoms with Crippen molar-refractivity contribution in [1.82, 2.24) is 15.3 Å². The standard InChI is InChI=1S/C14H16ClN3O/c15-13-10-17-14(18-11-13)19-8-4-7-16-9-12-5-2-1-3-6-12/h1-3,5-6,10-11,16H,4,7-9H2. The number of halogens is 1. The van der Waals surface area contributed by atoms with E-state index < -0.39 is 0 Å². The van der Waals surface area contributed by atoms with Gasteiger partial charge in [0.25, 0.3) is 0 Å². The van der Waals surface area contributed by atoms with Crippen LogP contribution in [0.5, 0.6) is 6.01 Å². The van der Waals surface area contributed by atoms with Gasteiger partial charge in [0.2, 0.25) is 0 Å². The quantitative estimate of drug-likeness (QED) is 0.791. The largest absolute Gasteiger partial charge is 0.463 e. The van der Waals surface area contributed by atoms with Crippen molar-refractivity contribution in [2.45, 2.75) is 13.0 Å². The lowest BCUT2D eigenvalue weighted by Gasteiger charge is -2.06. The second kappa shape index (κ2) is 7.71. The van der Waals surface area contributed by atoms with Gasteiger partial charge in [-0.1, -0.05) is 41.9 Å². The lowest BCUT2D eigenvalue weighted by molar-refractivity contribution is 0.284. The summed E-state index contributed by atoms with van der Waals surface area (Å²) in [6.07, 6.45) is 3.95. The number of benzene rings is 1. The Balaban J connectivity index is 1.56. The first-order valence-electron chi connectivity index (χ1n) is 6.19. The van der Waals surface area contributed by atoms with Crippen molar-refractivity contribution in [3.8, 4) is 6.01 Å². The van der Waals surface area contributed by atoms with Crippen molar-refractivity contribution in [2.75, 3.05) is 13.2 Å². The number of ether oxygens (including phenoxy) is 1. The Kier molecular flexibility index (Phi) is 5.59. The highest BCUT2D eigenvalue weighted by Crippen LogP contribution is 2.07. The molecule has 0 aliphatic heterocycles. The second-order valence-corrected chi connectivity index (χ2v) is 4.48. The van der Waals surface area contributed by atoms with Gasteiger partial charge in [-0.15, -0.1) is 0 Å². The van der Waals surface area contributed by atoms with E-state index in [4.69, 9.17) is 16.3 Å². The van der Waals surface area contributed by atoms with Crippen LogP contribution < -0.4 is 10.1 Å². The topological polar surface area (TPSA) is 47.0 Å².